The second-order valence-corrected chi connectivity index (χ2v) is 20.1. The Kier molecular flexibility index (Phi) is 9.92. The molecular weight excluding hydrogens is 636 g/mol. The van der Waals surface area contributed by atoms with Crippen molar-refractivity contribution >= 4 is 17.8 Å². The molecule has 282 valence electrons. The molecule has 0 unspecified atom stereocenters. The summed E-state index contributed by atoms with van der Waals surface area (Å²) in [5.74, 6) is 1.57. The molecule has 7 nitrogen and oxygen atoms in total. The van der Waals surface area contributed by atoms with Crippen LogP contribution in [0, 0.1) is 62.1 Å². The lowest BCUT2D eigenvalue weighted by molar-refractivity contribution is -0.250. The van der Waals surface area contributed by atoms with Crippen molar-refractivity contribution in [3.63, 3.8) is 0 Å². The summed E-state index contributed by atoms with van der Waals surface area (Å²) >= 11 is 0. The first-order valence-corrected chi connectivity index (χ1v) is 20.0. The van der Waals surface area contributed by atoms with E-state index in [-0.39, 0.29) is 57.9 Å². The molecule has 1 aromatic rings. The molecule has 10 atom stereocenters. The first-order valence-electron chi connectivity index (χ1n) is 20.0. The number of carboxylic acids is 1. The maximum atomic E-state index is 13.7. The Bertz CT molecular complexity index is 1520. The van der Waals surface area contributed by atoms with Gasteiger partial charge in [0.1, 0.15) is 6.10 Å². The fourth-order valence-corrected chi connectivity index (χ4v) is 13.9. The Balaban J connectivity index is 1.21. The number of esters is 1. The smallest absolute Gasteiger partial charge is 0.306 e. The molecular formula is C44H66N2O5. The van der Waals surface area contributed by atoms with Crippen LogP contribution >= 0.6 is 0 Å². The lowest BCUT2D eigenvalue weighted by Crippen LogP contribution is -2.67. The third kappa shape index (κ3) is 6.49. The first-order chi connectivity index (χ1) is 23.8. The number of hydrogen-bond donors (Lipinski definition) is 2. The molecule has 0 radical (unpaired) electrons. The molecule has 5 saturated carbocycles. The Morgan fingerprint density at radius 3 is 2.33 bits per heavy atom. The number of nitrogens with one attached hydrogen (secondary N) is 1. The minimum Gasteiger partial charge on any atom is -0.481 e. The van der Waals surface area contributed by atoms with Crippen molar-refractivity contribution in [3.05, 3.63) is 42.2 Å². The molecule has 0 aromatic carbocycles. The Morgan fingerprint density at radius 1 is 0.922 bits per heavy atom. The quantitative estimate of drug-likeness (QED) is 0.186. The number of fused-ring (bicyclic) bond motifs is 7. The molecule has 0 spiro atoms. The van der Waals surface area contributed by atoms with Gasteiger partial charge in [-0.05, 0) is 140 Å². The summed E-state index contributed by atoms with van der Waals surface area (Å²) in [6.07, 6.45) is 13.5. The SMILES string of the molecule is C=C(C)[C@@H]1CC[C@]2(CC(=O)NCc3ccccn3)CC[C@]3(C)[C@H](CC[C@@H]4[C@@]5(C)CC[C@H](OC(=O)CC(C)(C)CC(=O)O)C(C)(C)[C@@H]5CC[C@]43C)[C@@H]12. The summed E-state index contributed by atoms with van der Waals surface area (Å²) in [6.45, 7) is 23.4. The molecule has 0 aliphatic heterocycles. The van der Waals surface area contributed by atoms with Crippen LogP contribution in [-0.4, -0.2) is 34.0 Å². The van der Waals surface area contributed by atoms with Crippen LogP contribution in [0.4, 0.5) is 0 Å². The van der Waals surface area contributed by atoms with Gasteiger partial charge in [-0.3, -0.25) is 19.4 Å². The molecule has 0 saturated heterocycles. The van der Waals surface area contributed by atoms with Gasteiger partial charge in [0.25, 0.3) is 0 Å². The van der Waals surface area contributed by atoms with Crippen LogP contribution in [0.2, 0.25) is 0 Å². The van der Waals surface area contributed by atoms with Crippen molar-refractivity contribution in [2.24, 2.45) is 62.1 Å². The fraction of sp³-hybridized carbons (Fsp3) is 0.773. The van der Waals surface area contributed by atoms with Gasteiger partial charge in [-0.25, -0.2) is 0 Å². The zero-order valence-electron chi connectivity index (χ0n) is 32.9. The Labute approximate surface area is 307 Å². The average molecular weight is 703 g/mol. The summed E-state index contributed by atoms with van der Waals surface area (Å²) < 4.78 is 6.28. The normalized spacial score (nSPS) is 39.8. The number of allylic oxidation sites excluding steroid dienone is 1. The molecule has 1 heterocycles. The first kappa shape index (κ1) is 38.0. The highest BCUT2D eigenvalue weighted by Crippen LogP contribution is 2.78. The summed E-state index contributed by atoms with van der Waals surface area (Å²) in [7, 11) is 0. The minimum atomic E-state index is -0.885. The summed E-state index contributed by atoms with van der Waals surface area (Å²) in [5.41, 5.74) is 1.94. The lowest BCUT2D eigenvalue weighted by Gasteiger charge is -2.73. The van der Waals surface area contributed by atoms with Gasteiger partial charge in [0.2, 0.25) is 5.91 Å². The zero-order valence-corrected chi connectivity index (χ0v) is 32.9. The Morgan fingerprint density at radius 2 is 1.67 bits per heavy atom. The summed E-state index contributed by atoms with van der Waals surface area (Å²) in [6, 6.07) is 5.85. The van der Waals surface area contributed by atoms with E-state index in [4.69, 9.17) is 4.74 Å². The summed E-state index contributed by atoms with van der Waals surface area (Å²) in [4.78, 5) is 42.7. The molecule has 51 heavy (non-hydrogen) atoms. The molecule has 5 fully saturated rings. The lowest BCUT2D eigenvalue weighted by atomic mass is 9.32. The largest absolute Gasteiger partial charge is 0.481 e. The topological polar surface area (TPSA) is 106 Å². The molecule has 6 rings (SSSR count). The fourth-order valence-electron chi connectivity index (χ4n) is 13.9. The van der Waals surface area contributed by atoms with Crippen LogP contribution in [0.15, 0.2) is 36.5 Å². The number of carbonyl (C=O) groups is 3. The number of carboxylic acid groups (broad SMARTS) is 1. The van der Waals surface area contributed by atoms with E-state index in [0.29, 0.717) is 42.6 Å². The third-order valence-corrected chi connectivity index (χ3v) is 16.4. The highest BCUT2D eigenvalue weighted by molar-refractivity contribution is 5.77. The number of rotatable bonds is 10. The molecule has 7 heteroatoms. The van der Waals surface area contributed by atoms with Crippen molar-refractivity contribution in [1.29, 1.82) is 0 Å². The highest BCUT2D eigenvalue weighted by atomic mass is 16.5. The van der Waals surface area contributed by atoms with Crippen molar-refractivity contribution < 1.29 is 24.2 Å². The van der Waals surface area contributed by atoms with Gasteiger partial charge in [-0.15, -0.1) is 0 Å². The number of nitrogens with zero attached hydrogens (tertiary/aromatic N) is 1. The second kappa shape index (κ2) is 13.3. The van der Waals surface area contributed by atoms with Gasteiger partial charge in [0, 0.05) is 18.0 Å². The van der Waals surface area contributed by atoms with E-state index < -0.39 is 11.4 Å². The predicted octanol–water partition coefficient (Wildman–Crippen LogP) is 9.55. The number of carbonyl (C=O) groups excluding carboxylic acids is 2. The predicted molar refractivity (Wildman–Crippen MR) is 200 cm³/mol. The molecule has 1 amide bonds. The molecule has 5 aliphatic rings. The minimum absolute atomic E-state index is 0.0231. The van der Waals surface area contributed by atoms with Crippen molar-refractivity contribution in [3.8, 4) is 0 Å². The molecule has 2 N–H and O–H groups in total. The van der Waals surface area contributed by atoms with E-state index in [9.17, 15) is 19.5 Å². The van der Waals surface area contributed by atoms with Crippen LogP contribution in [0.25, 0.3) is 0 Å². The maximum Gasteiger partial charge on any atom is 0.306 e. The van der Waals surface area contributed by atoms with Crippen LogP contribution in [0.3, 0.4) is 0 Å². The second-order valence-electron chi connectivity index (χ2n) is 20.1. The zero-order chi connectivity index (χ0) is 37.2. The van der Waals surface area contributed by atoms with Gasteiger partial charge in [-0.1, -0.05) is 66.7 Å². The Hall–Kier alpha value is -2.70. The number of ether oxygens (including phenoxy) is 1. The van der Waals surface area contributed by atoms with Crippen LogP contribution in [-0.2, 0) is 25.7 Å². The molecule has 5 aliphatic carbocycles. The standard InChI is InChI=1S/C44H66N2O5/c1-28(2)30-15-20-44(24-35(47)46-27-29-12-10-11-23-45-29)22-21-42(8)31(38(30)44)13-14-33-41(7)18-17-34(40(5,6)32(41)16-19-43(33,42)9)51-37(50)26-39(3,4)25-36(48)49/h10-12,23,30-34,38H,1,13-22,24-27H2,2-9H3,(H,46,47)(H,48,49)/t30-,31+,32-,33+,34-,38+,41-,42+,43+,44+/m0/s1. The number of aromatic nitrogens is 1. The van der Waals surface area contributed by atoms with Crippen molar-refractivity contribution in [1.82, 2.24) is 10.3 Å². The van der Waals surface area contributed by atoms with E-state index in [1.807, 2.05) is 32.0 Å². The van der Waals surface area contributed by atoms with Gasteiger partial charge in [-0.2, -0.15) is 0 Å². The van der Waals surface area contributed by atoms with E-state index in [0.717, 1.165) is 44.2 Å². The van der Waals surface area contributed by atoms with Crippen LogP contribution < -0.4 is 5.32 Å². The van der Waals surface area contributed by atoms with Crippen molar-refractivity contribution in [2.45, 2.75) is 152 Å². The number of amides is 1. The van der Waals surface area contributed by atoms with Crippen LogP contribution in [0.5, 0.6) is 0 Å². The number of aliphatic carboxylic acids is 1. The molecule has 1 aromatic heterocycles. The van der Waals surface area contributed by atoms with Gasteiger partial charge < -0.3 is 15.2 Å². The van der Waals surface area contributed by atoms with Gasteiger partial charge in [0.15, 0.2) is 0 Å². The van der Waals surface area contributed by atoms with Crippen molar-refractivity contribution in [2.75, 3.05) is 0 Å². The maximum absolute atomic E-state index is 13.7. The molecule has 0 bridgehead atoms. The van der Waals surface area contributed by atoms with E-state index in [1.54, 1.807) is 6.20 Å². The number of pyridine rings is 1. The average Bonchev–Trinajstić information content (AvgIpc) is 3.41. The van der Waals surface area contributed by atoms with Gasteiger partial charge >= 0.3 is 11.9 Å². The van der Waals surface area contributed by atoms with E-state index in [1.165, 1.54) is 31.3 Å². The van der Waals surface area contributed by atoms with Gasteiger partial charge in [0.05, 0.1) is 25.1 Å². The highest BCUT2D eigenvalue weighted by Gasteiger charge is 2.71. The third-order valence-electron chi connectivity index (χ3n) is 16.4. The van der Waals surface area contributed by atoms with E-state index in [2.05, 4.69) is 58.4 Å². The summed E-state index contributed by atoms with van der Waals surface area (Å²) in [5, 5.41) is 12.6. The number of hydrogen-bond acceptors (Lipinski definition) is 5. The van der Waals surface area contributed by atoms with Crippen LogP contribution in [0.1, 0.15) is 145 Å². The van der Waals surface area contributed by atoms with E-state index >= 15 is 0 Å². The monoisotopic (exact) mass is 702 g/mol.